The van der Waals surface area contributed by atoms with Gasteiger partial charge in [0.15, 0.2) is 5.84 Å². The maximum Gasteiger partial charge on any atom is 0.323 e. The van der Waals surface area contributed by atoms with Crippen molar-refractivity contribution >= 4 is 29.1 Å². The second-order valence-electron chi connectivity index (χ2n) is 9.13. The largest absolute Gasteiger partial charge is 0.383 e. The molecule has 4 rings (SSSR count). The first-order chi connectivity index (χ1) is 18.5. The summed E-state index contributed by atoms with van der Waals surface area (Å²) in [5.41, 5.74) is 10.5. The van der Waals surface area contributed by atoms with Gasteiger partial charge in [-0.25, -0.2) is 9.78 Å². The lowest BCUT2D eigenvalue weighted by molar-refractivity contribution is 0.0826. The number of benzene rings is 2. The molecule has 0 spiro atoms. The molecule has 1 fully saturated rings. The van der Waals surface area contributed by atoms with Crippen LogP contribution in [0, 0.1) is 6.92 Å². The van der Waals surface area contributed by atoms with E-state index < -0.39 is 0 Å². The zero-order valence-electron chi connectivity index (χ0n) is 21.8. The van der Waals surface area contributed by atoms with Crippen molar-refractivity contribution in [1.82, 2.24) is 4.98 Å². The molecular formula is C28H35N7O3. The predicted molar refractivity (Wildman–Crippen MR) is 151 cm³/mol. The summed E-state index contributed by atoms with van der Waals surface area (Å²) < 4.78 is 11.0. The van der Waals surface area contributed by atoms with E-state index in [1.54, 1.807) is 7.11 Å². The average molecular weight is 518 g/mol. The molecule has 10 heteroatoms. The maximum atomic E-state index is 12.9. The number of aryl methyl sites for hydroxylation is 1. The van der Waals surface area contributed by atoms with Crippen molar-refractivity contribution in [3.05, 3.63) is 71.8 Å². The third-order valence-corrected chi connectivity index (χ3v) is 6.46. The molecule has 0 aliphatic carbocycles. The fourth-order valence-electron chi connectivity index (χ4n) is 4.47. The topological polar surface area (TPSA) is 140 Å². The van der Waals surface area contributed by atoms with Crippen LogP contribution < -0.4 is 27.1 Å². The number of carbonyl (C=O) groups excluding carboxylic acids is 1. The van der Waals surface area contributed by atoms with Crippen molar-refractivity contribution in [2.24, 2.45) is 16.7 Å². The normalized spacial score (nSPS) is 14.2. The molecule has 0 saturated carbocycles. The van der Waals surface area contributed by atoms with Gasteiger partial charge in [0.2, 0.25) is 0 Å². The van der Waals surface area contributed by atoms with Crippen LogP contribution >= 0.6 is 0 Å². The quantitative estimate of drug-likeness (QED) is 0.146. The van der Waals surface area contributed by atoms with Crippen LogP contribution in [0.3, 0.4) is 0 Å². The Bertz CT molecular complexity index is 1260. The van der Waals surface area contributed by atoms with Gasteiger partial charge in [0, 0.05) is 61.5 Å². The van der Waals surface area contributed by atoms with E-state index in [4.69, 9.17) is 26.0 Å². The number of ether oxygens (including phenoxy) is 2. The van der Waals surface area contributed by atoms with Gasteiger partial charge < -0.3 is 36.6 Å². The summed E-state index contributed by atoms with van der Waals surface area (Å²) in [6.07, 6.45) is 1.74. The van der Waals surface area contributed by atoms with Gasteiger partial charge >= 0.3 is 6.03 Å². The molecule has 38 heavy (non-hydrogen) atoms. The molecule has 6 N–H and O–H groups in total. The summed E-state index contributed by atoms with van der Waals surface area (Å²) in [7, 11) is 1.68. The fraction of sp³-hybridized carbons (Fsp3) is 0.321. The van der Waals surface area contributed by atoms with Crippen molar-refractivity contribution in [1.29, 1.82) is 0 Å². The van der Waals surface area contributed by atoms with Crippen LogP contribution in [0.5, 0.6) is 0 Å². The molecule has 1 saturated heterocycles. The number of rotatable bonds is 9. The van der Waals surface area contributed by atoms with Crippen LogP contribution in [0.25, 0.3) is 11.3 Å². The van der Waals surface area contributed by atoms with E-state index >= 15 is 0 Å². The summed E-state index contributed by atoms with van der Waals surface area (Å²) in [6.45, 7) is 4.54. The molecule has 0 atom stereocenters. The molecule has 1 aliphatic rings. The molecule has 3 aromatic rings. The van der Waals surface area contributed by atoms with E-state index in [0.717, 1.165) is 29.8 Å². The number of hydrogen-bond donors (Lipinski definition) is 4. The zero-order chi connectivity index (χ0) is 26.9. The molecular weight excluding hydrogens is 482 g/mol. The lowest BCUT2D eigenvalue weighted by Crippen LogP contribution is -2.42. The van der Waals surface area contributed by atoms with Crippen molar-refractivity contribution in [2.75, 3.05) is 49.0 Å². The van der Waals surface area contributed by atoms with Crippen LogP contribution in [-0.2, 0) is 9.47 Å². The third kappa shape index (κ3) is 6.78. The lowest BCUT2D eigenvalue weighted by atomic mass is 10.0. The highest BCUT2D eigenvalue weighted by atomic mass is 16.5. The molecule has 2 aromatic carbocycles. The highest BCUT2D eigenvalue weighted by Crippen LogP contribution is 2.30. The highest BCUT2D eigenvalue weighted by molar-refractivity contribution is 6.04. The number of amides is 2. The number of hydrogen-bond acceptors (Lipinski definition) is 7. The summed E-state index contributed by atoms with van der Waals surface area (Å²) >= 11 is 0. The molecule has 1 aromatic heterocycles. The zero-order valence-corrected chi connectivity index (χ0v) is 21.8. The Labute approximate surface area is 223 Å². The number of amidine groups is 1. The Morgan fingerprint density at radius 3 is 2.53 bits per heavy atom. The smallest absolute Gasteiger partial charge is 0.323 e. The number of carbonyl (C=O) groups is 1. The number of methoxy groups -OCH3 is 1. The predicted octanol–water partition coefficient (Wildman–Crippen LogP) is 3.91. The Hall–Kier alpha value is -4.15. The first-order valence-electron chi connectivity index (χ1n) is 12.6. The minimum absolute atomic E-state index is 0.195. The van der Waals surface area contributed by atoms with Crippen LogP contribution in [-0.4, -0.2) is 56.4 Å². The van der Waals surface area contributed by atoms with Crippen molar-refractivity contribution < 1.29 is 14.3 Å². The van der Waals surface area contributed by atoms with Gasteiger partial charge in [-0.05, 0) is 38.0 Å². The van der Waals surface area contributed by atoms with Crippen LogP contribution in [0.4, 0.5) is 22.0 Å². The van der Waals surface area contributed by atoms with Crippen LogP contribution in [0.15, 0.2) is 65.8 Å². The standard InChI is InChI=1S/C28H35N7O3/c1-19-7-9-20(10-8-19)31-28(36)32-21-17-25(23-5-3-4-6-24(23)27(29)34-30)33-26(18-21)35(13-16-37-2)22-11-14-38-15-12-22/h3-10,17-18,22H,11-16,30H2,1-2H3,(H2,29,34)(H2,31,32,33,36). The fourth-order valence-corrected chi connectivity index (χ4v) is 4.47. The highest BCUT2D eigenvalue weighted by Gasteiger charge is 2.24. The maximum absolute atomic E-state index is 12.9. The van der Waals surface area contributed by atoms with E-state index in [0.29, 0.717) is 49.0 Å². The molecule has 2 amide bonds. The minimum atomic E-state index is -0.359. The number of nitrogens with one attached hydrogen (secondary N) is 2. The number of nitrogens with two attached hydrogens (primary N) is 2. The molecule has 1 aliphatic heterocycles. The minimum Gasteiger partial charge on any atom is -0.383 e. The van der Waals surface area contributed by atoms with Crippen molar-refractivity contribution in [3.63, 3.8) is 0 Å². The van der Waals surface area contributed by atoms with E-state index in [-0.39, 0.29) is 17.9 Å². The number of hydrazone groups is 1. The molecule has 2 heterocycles. The number of nitrogens with zero attached hydrogens (tertiary/aromatic N) is 3. The Morgan fingerprint density at radius 1 is 1.11 bits per heavy atom. The lowest BCUT2D eigenvalue weighted by Gasteiger charge is -2.35. The van der Waals surface area contributed by atoms with Crippen LogP contribution in [0.2, 0.25) is 0 Å². The molecule has 0 radical (unpaired) electrons. The second-order valence-corrected chi connectivity index (χ2v) is 9.13. The summed E-state index contributed by atoms with van der Waals surface area (Å²) in [6, 6.07) is 18.7. The van der Waals surface area contributed by atoms with Crippen molar-refractivity contribution in [3.8, 4) is 11.3 Å². The molecule has 0 bridgehead atoms. The van der Waals surface area contributed by atoms with Gasteiger partial charge in [-0.15, -0.1) is 0 Å². The number of anilines is 3. The monoisotopic (exact) mass is 517 g/mol. The third-order valence-electron chi connectivity index (χ3n) is 6.46. The van der Waals surface area contributed by atoms with Crippen molar-refractivity contribution in [2.45, 2.75) is 25.8 Å². The Balaban J connectivity index is 1.74. The number of urea groups is 1. The summed E-state index contributed by atoms with van der Waals surface area (Å²) in [4.78, 5) is 20.2. The first kappa shape index (κ1) is 26.9. The van der Waals surface area contributed by atoms with E-state index in [1.807, 2.05) is 67.6 Å². The van der Waals surface area contributed by atoms with E-state index in [1.165, 1.54) is 0 Å². The van der Waals surface area contributed by atoms with Gasteiger partial charge in [-0.3, -0.25) is 0 Å². The van der Waals surface area contributed by atoms with Gasteiger partial charge in [-0.2, -0.15) is 5.10 Å². The van der Waals surface area contributed by atoms with E-state index in [2.05, 4.69) is 20.6 Å². The van der Waals surface area contributed by atoms with Gasteiger partial charge in [0.25, 0.3) is 0 Å². The van der Waals surface area contributed by atoms with Gasteiger partial charge in [0.05, 0.1) is 12.3 Å². The van der Waals surface area contributed by atoms with Gasteiger partial charge in [0.1, 0.15) is 5.82 Å². The summed E-state index contributed by atoms with van der Waals surface area (Å²) in [5, 5.41) is 9.55. The SMILES string of the molecule is COCCN(c1cc(NC(=O)Nc2ccc(C)cc2)cc(-c2ccccc2/C(N)=N/N)n1)C1CCOCC1. The van der Waals surface area contributed by atoms with Crippen LogP contribution in [0.1, 0.15) is 24.0 Å². The number of aromatic nitrogens is 1. The second kappa shape index (κ2) is 12.9. The molecule has 200 valence electrons. The van der Waals surface area contributed by atoms with E-state index in [9.17, 15) is 4.79 Å². The first-order valence-corrected chi connectivity index (χ1v) is 12.6. The Kier molecular flexibility index (Phi) is 9.12. The number of pyridine rings is 1. The molecule has 10 nitrogen and oxygen atoms in total. The van der Waals surface area contributed by atoms with Gasteiger partial charge in [-0.1, -0.05) is 42.0 Å². The average Bonchev–Trinajstić information content (AvgIpc) is 2.94. The molecule has 0 unspecified atom stereocenters. The summed E-state index contributed by atoms with van der Waals surface area (Å²) in [5.74, 6) is 6.42. The Morgan fingerprint density at radius 2 is 1.82 bits per heavy atom.